The highest BCUT2D eigenvalue weighted by Gasteiger charge is 2.53. The van der Waals surface area contributed by atoms with Crippen LogP contribution in [0, 0.1) is 35.5 Å². The van der Waals surface area contributed by atoms with Gasteiger partial charge in [0.25, 0.3) is 11.7 Å². The molecule has 4 aliphatic rings. The van der Waals surface area contributed by atoms with Gasteiger partial charge in [0.15, 0.2) is 5.78 Å². The molecular weight excluding hydrogens is 947 g/mol. The van der Waals surface area contributed by atoms with Gasteiger partial charge in [0.05, 0.1) is 24.9 Å². The van der Waals surface area contributed by atoms with E-state index < -0.39 is 121 Å². The van der Waals surface area contributed by atoms with E-state index in [2.05, 4.69) is 0 Å². The van der Waals surface area contributed by atoms with E-state index in [4.69, 9.17) is 38.3 Å². The fourth-order valence-corrected chi connectivity index (χ4v) is 10.6. The molecule has 1 aliphatic carbocycles. The molecule has 0 aromatic rings. The summed E-state index contributed by atoms with van der Waals surface area (Å²) in [5, 5.41) is 42.2. The lowest BCUT2D eigenvalue weighted by Gasteiger charge is -2.42. The summed E-state index contributed by atoms with van der Waals surface area (Å²) in [6.45, 7) is 11.5. The third kappa shape index (κ3) is 17.2. The summed E-state index contributed by atoms with van der Waals surface area (Å²) in [7, 11) is 4.41. The number of piperidine rings is 1. The minimum atomic E-state index is -2.47. The predicted molar refractivity (Wildman–Crippen MR) is 268 cm³/mol. The van der Waals surface area contributed by atoms with Gasteiger partial charge in [-0.15, -0.1) is 0 Å². The standard InChI is InChI=1S/C55H85NO17/c1-32-16-12-11-13-17-33(2)45(67-8)28-41-21-19-38(7)55(66,73-41)51(62)52(63)56-23-15-14-18-42(56)53(64)71-46(29-43(59)34(3)25-37(6)49(61)50(69-10)48(60)36(5)24-32)35(4)26-39-20-22-44(47(27-39)68-9)72-54(65)70-31-40(58)30-57/h11-13,16-17,25,32,34-36,38-42,44-47,49-50,57-58,61,66H,14-15,18-24,26-31H2,1-10H3/b13-11+,16-12+,33-17+,37-25+/t32-,34-,35-,36-,38-,39+,40?,41?,42?,44-,45+,46+,47-,49-,50+,55-/m1/s1. The van der Waals surface area contributed by atoms with Gasteiger partial charge >= 0.3 is 12.1 Å². The maximum absolute atomic E-state index is 14.5. The highest BCUT2D eigenvalue weighted by Crippen LogP contribution is 2.38. The Hall–Kier alpha value is -4.14. The molecule has 1 saturated carbocycles. The van der Waals surface area contributed by atoms with Crippen LogP contribution in [0.3, 0.4) is 0 Å². The van der Waals surface area contributed by atoms with Crippen LogP contribution >= 0.6 is 0 Å². The van der Waals surface area contributed by atoms with E-state index in [1.807, 2.05) is 51.2 Å². The number of aliphatic hydroxyl groups excluding tert-OH is 3. The van der Waals surface area contributed by atoms with Crippen LogP contribution in [0.1, 0.15) is 126 Å². The number of Topliss-reactive ketones (excluding diaryl/α,β-unsaturated/α-hetero) is 3. The molecule has 0 radical (unpaired) electrons. The Bertz CT molecular complexity index is 1980. The average Bonchev–Trinajstić information content (AvgIpc) is 3.37. The average molecular weight is 1030 g/mol. The van der Waals surface area contributed by atoms with Crippen molar-refractivity contribution in [2.75, 3.05) is 41.1 Å². The Labute approximate surface area is 431 Å². The number of rotatable bonds is 10. The molecule has 0 aromatic heterocycles. The molecular formula is C55H85NO17. The highest BCUT2D eigenvalue weighted by molar-refractivity contribution is 6.39. The van der Waals surface area contributed by atoms with Crippen molar-refractivity contribution in [3.63, 3.8) is 0 Å². The summed E-state index contributed by atoms with van der Waals surface area (Å²) < 4.78 is 40.0. The van der Waals surface area contributed by atoms with E-state index >= 15 is 0 Å². The number of ether oxygens (including phenoxy) is 7. The van der Waals surface area contributed by atoms with Crippen molar-refractivity contribution >= 4 is 35.4 Å². The van der Waals surface area contributed by atoms with Gasteiger partial charge in [0.1, 0.15) is 49.0 Å². The van der Waals surface area contributed by atoms with Crippen LogP contribution in [-0.4, -0.2) is 162 Å². The van der Waals surface area contributed by atoms with Crippen molar-refractivity contribution in [2.24, 2.45) is 35.5 Å². The summed E-state index contributed by atoms with van der Waals surface area (Å²) in [5.41, 5.74) is 1.21. The zero-order chi connectivity index (χ0) is 54.2. The molecule has 16 atom stereocenters. The predicted octanol–water partition coefficient (Wildman–Crippen LogP) is 5.69. The van der Waals surface area contributed by atoms with Crippen LogP contribution < -0.4 is 0 Å². The smallest absolute Gasteiger partial charge is 0.460 e. The van der Waals surface area contributed by atoms with Crippen LogP contribution in [0.15, 0.2) is 47.6 Å². The number of cyclic esters (lactones) is 1. The molecule has 73 heavy (non-hydrogen) atoms. The van der Waals surface area contributed by atoms with Gasteiger partial charge in [-0.3, -0.25) is 19.2 Å². The van der Waals surface area contributed by atoms with Crippen molar-refractivity contribution in [2.45, 2.75) is 186 Å². The first-order valence-corrected chi connectivity index (χ1v) is 26.2. The van der Waals surface area contributed by atoms with Crippen LogP contribution in [0.5, 0.6) is 0 Å². The number of carbonyl (C=O) groups is 6. The van der Waals surface area contributed by atoms with Crippen LogP contribution in [0.25, 0.3) is 0 Å². The summed E-state index contributed by atoms with van der Waals surface area (Å²) in [6.07, 6.45) is 7.39. The number of nitrogens with zero attached hydrogens (tertiary/aromatic N) is 1. The molecule has 3 heterocycles. The number of esters is 1. The lowest BCUT2D eigenvalue weighted by Crippen LogP contribution is -2.61. The van der Waals surface area contributed by atoms with Crippen LogP contribution in [0.2, 0.25) is 0 Å². The van der Waals surface area contributed by atoms with E-state index in [-0.39, 0.29) is 49.2 Å². The maximum Gasteiger partial charge on any atom is 0.508 e. The molecule has 4 rings (SSSR count). The molecule has 2 bridgehead atoms. The molecule has 0 aromatic carbocycles. The number of aliphatic hydroxyl groups is 4. The summed E-state index contributed by atoms with van der Waals surface area (Å²) >= 11 is 0. The van der Waals surface area contributed by atoms with Crippen molar-refractivity contribution < 1.29 is 82.4 Å². The molecule has 3 aliphatic heterocycles. The molecule has 18 heteroatoms. The van der Waals surface area contributed by atoms with E-state index in [1.165, 1.54) is 14.2 Å². The molecule has 3 fully saturated rings. The highest BCUT2D eigenvalue weighted by atomic mass is 16.7. The largest absolute Gasteiger partial charge is 0.508 e. The van der Waals surface area contributed by atoms with Crippen molar-refractivity contribution in [3.8, 4) is 0 Å². The second kappa shape index (κ2) is 29.2. The normalized spacial score (nSPS) is 37.6. The second-order valence-electron chi connectivity index (χ2n) is 21.1. The van der Waals surface area contributed by atoms with Crippen molar-refractivity contribution in [3.05, 3.63) is 47.6 Å². The number of ketones is 3. The number of allylic oxidation sites excluding steroid dienone is 6. The van der Waals surface area contributed by atoms with Gasteiger partial charge < -0.3 is 58.5 Å². The second-order valence-corrected chi connectivity index (χ2v) is 21.1. The van der Waals surface area contributed by atoms with Gasteiger partial charge in [0, 0.05) is 58.5 Å². The SMILES string of the molecule is CO[C@H]1CC2CC[C@@H](C)[C@@](O)(O2)C(=O)C(=O)N2CCCCC2C(=O)O[C@H]([C@H](C)C[C@@H]2CC[C@@H](OC(=O)OCC(O)CO)[C@H](OC)C2)CC(=O)[C@H](C)/C=C(\C)[C@@H](O)[C@@H](OC)C(=O)[C@H](C)C[C@H](C)/C=C/C=C/C=C/1C. The summed E-state index contributed by atoms with van der Waals surface area (Å²) in [4.78, 5) is 84.8. The fourth-order valence-electron chi connectivity index (χ4n) is 10.6. The third-order valence-electron chi connectivity index (χ3n) is 15.3. The maximum atomic E-state index is 14.5. The van der Waals surface area contributed by atoms with Crippen molar-refractivity contribution in [1.29, 1.82) is 0 Å². The molecule has 1 amide bonds. The number of hydrogen-bond acceptors (Lipinski definition) is 17. The number of fused-ring (bicyclic) bond motifs is 3. The summed E-state index contributed by atoms with van der Waals surface area (Å²) in [6, 6.07) is -1.20. The minimum absolute atomic E-state index is 0.00856. The van der Waals surface area contributed by atoms with E-state index in [0.29, 0.717) is 63.4 Å². The number of hydrogen-bond donors (Lipinski definition) is 4. The number of amides is 1. The lowest BCUT2D eigenvalue weighted by molar-refractivity contribution is -0.265. The van der Waals surface area contributed by atoms with E-state index in [9.17, 15) is 44.1 Å². The fraction of sp³-hybridized carbons (Fsp3) is 0.745. The molecule has 3 unspecified atom stereocenters. The van der Waals surface area contributed by atoms with Crippen molar-refractivity contribution in [1.82, 2.24) is 4.90 Å². The monoisotopic (exact) mass is 1030 g/mol. The van der Waals surface area contributed by atoms with Gasteiger partial charge in [0.2, 0.25) is 5.79 Å². The first-order chi connectivity index (χ1) is 34.6. The quantitative estimate of drug-likeness (QED) is 0.116. The Morgan fingerprint density at radius 1 is 0.877 bits per heavy atom. The Kier molecular flexibility index (Phi) is 24.6. The lowest BCUT2D eigenvalue weighted by atomic mass is 9.78. The summed E-state index contributed by atoms with van der Waals surface area (Å²) in [5.74, 6) is -8.66. The molecule has 412 valence electrons. The van der Waals surface area contributed by atoms with E-state index in [0.717, 1.165) is 10.5 Å². The van der Waals surface area contributed by atoms with Crippen LogP contribution in [0.4, 0.5) is 4.79 Å². The molecule has 0 spiro atoms. The first-order valence-electron chi connectivity index (χ1n) is 26.2. The minimum Gasteiger partial charge on any atom is -0.460 e. The topological polar surface area (TPSA) is 251 Å². The zero-order valence-corrected chi connectivity index (χ0v) is 44.8. The van der Waals surface area contributed by atoms with E-state index in [1.54, 1.807) is 40.9 Å². The molecule has 18 nitrogen and oxygen atoms in total. The number of carbonyl (C=O) groups excluding carboxylic acids is 6. The van der Waals surface area contributed by atoms with Gasteiger partial charge in [-0.05, 0) is 107 Å². The third-order valence-corrected chi connectivity index (χ3v) is 15.3. The number of methoxy groups -OCH3 is 3. The van der Waals surface area contributed by atoms with Gasteiger partial charge in [-0.1, -0.05) is 71.1 Å². The van der Waals surface area contributed by atoms with Gasteiger partial charge in [-0.25, -0.2) is 9.59 Å². The van der Waals surface area contributed by atoms with Gasteiger partial charge in [-0.2, -0.15) is 0 Å². The Morgan fingerprint density at radius 2 is 1.60 bits per heavy atom. The zero-order valence-electron chi connectivity index (χ0n) is 44.8. The molecule has 4 N–H and O–H groups in total. The van der Waals surface area contributed by atoms with Crippen LogP contribution in [-0.2, 0) is 57.1 Å². The molecule has 2 saturated heterocycles. The Balaban J connectivity index is 1.67. The first kappa shape index (κ1) is 61.4. The Morgan fingerprint density at radius 3 is 2.27 bits per heavy atom.